The lowest BCUT2D eigenvalue weighted by molar-refractivity contribution is 0.0999. The third-order valence-electron chi connectivity index (χ3n) is 4.46. The number of nitrogens with one attached hydrogen (secondary N) is 2. The number of ether oxygens (including phenoxy) is 1. The van der Waals surface area contributed by atoms with Crippen LogP contribution in [0.15, 0.2) is 54.7 Å². The molecule has 0 saturated carbocycles. The van der Waals surface area contributed by atoms with Gasteiger partial charge in [0.25, 0.3) is 0 Å². The molecule has 3 rings (SSSR count). The Morgan fingerprint density at radius 2 is 1.90 bits per heavy atom. The summed E-state index contributed by atoms with van der Waals surface area (Å²) in [5.41, 5.74) is 10.1. The van der Waals surface area contributed by atoms with Gasteiger partial charge >= 0.3 is 0 Å². The number of rotatable bonds is 7. The zero-order valence-electron chi connectivity index (χ0n) is 17.8. The molecule has 0 atom stereocenters. The fraction of sp³-hybridized carbons (Fsp3) is 0.208. The zero-order valence-corrected chi connectivity index (χ0v) is 17.8. The molecule has 6 nitrogen and oxygen atoms in total. The molecule has 0 fully saturated rings. The fourth-order valence-electron chi connectivity index (χ4n) is 3.00. The molecule has 0 aliphatic heterocycles. The van der Waals surface area contributed by atoms with Crippen molar-refractivity contribution < 1.29 is 11.0 Å². The van der Waals surface area contributed by atoms with E-state index in [1.165, 1.54) is 6.21 Å². The summed E-state index contributed by atoms with van der Waals surface area (Å²) in [6, 6.07) is 14.6. The van der Waals surface area contributed by atoms with E-state index in [4.69, 9.17) is 15.9 Å². The van der Waals surface area contributed by atoms with E-state index < -0.39 is 5.91 Å². The van der Waals surface area contributed by atoms with E-state index >= 15 is 0 Å². The van der Waals surface area contributed by atoms with E-state index in [1.54, 1.807) is 25.4 Å². The number of aryl methyl sites for hydroxylation is 1. The Labute approximate surface area is 179 Å². The van der Waals surface area contributed by atoms with Gasteiger partial charge in [0.1, 0.15) is 11.5 Å². The maximum atomic E-state index is 11.6. The smallest absolute Gasteiger partial charge is 0.248 e. The normalized spacial score (nSPS) is 9.87. The van der Waals surface area contributed by atoms with Gasteiger partial charge in [-0.15, -0.1) is 0 Å². The highest BCUT2D eigenvalue weighted by Gasteiger charge is 2.10. The van der Waals surface area contributed by atoms with Crippen LogP contribution in [-0.2, 0) is 6.42 Å². The maximum Gasteiger partial charge on any atom is 0.248 e. The van der Waals surface area contributed by atoms with Gasteiger partial charge in [0.2, 0.25) is 5.91 Å². The molecule has 0 radical (unpaired) electrons. The number of benzene rings is 2. The topological polar surface area (TPSA) is 101 Å². The van der Waals surface area contributed by atoms with Gasteiger partial charge in [0.05, 0.1) is 5.69 Å². The number of aromatic nitrogens is 1. The van der Waals surface area contributed by atoms with Gasteiger partial charge in [0, 0.05) is 55.4 Å². The molecule has 4 N–H and O–H groups in total. The Morgan fingerprint density at radius 1 is 1.17 bits per heavy atom. The van der Waals surface area contributed by atoms with Crippen LogP contribution in [-0.4, -0.2) is 24.2 Å². The Bertz CT molecular complexity index is 1040. The van der Waals surface area contributed by atoms with E-state index in [0.717, 1.165) is 28.1 Å². The second-order valence-electron chi connectivity index (χ2n) is 6.21. The molecule has 3 aromatic rings. The number of primary amides is 1. The van der Waals surface area contributed by atoms with Crippen LogP contribution in [0, 0.1) is 5.41 Å². The molecule has 158 valence electrons. The van der Waals surface area contributed by atoms with E-state index in [1.807, 2.05) is 57.2 Å². The van der Waals surface area contributed by atoms with E-state index in [-0.39, 0.29) is 1.43 Å². The first kappa shape index (κ1) is 22.6. The second-order valence-corrected chi connectivity index (χ2v) is 6.21. The number of nitrogens with zero attached hydrogens (tertiary/aromatic N) is 1. The summed E-state index contributed by atoms with van der Waals surface area (Å²) in [5.74, 6) is 0.874. The quantitative estimate of drug-likeness (QED) is 0.450. The number of pyridine rings is 1. The van der Waals surface area contributed by atoms with Crippen molar-refractivity contribution in [1.82, 2.24) is 4.98 Å². The summed E-state index contributed by atoms with van der Waals surface area (Å²) in [5, 5.41) is 10.5. The number of hydrogen-bond donors (Lipinski definition) is 3. The predicted octanol–water partition coefficient (Wildman–Crippen LogP) is 5.51. The molecule has 2 aromatic carbocycles. The van der Waals surface area contributed by atoms with Crippen LogP contribution >= 0.6 is 0 Å². The Morgan fingerprint density at radius 3 is 2.53 bits per heavy atom. The largest absolute Gasteiger partial charge is 0.457 e. The monoisotopic (exact) mass is 406 g/mol. The second kappa shape index (κ2) is 10.8. The minimum absolute atomic E-state index is 0. The lowest BCUT2D eigenvalue weighted by atomic mass is 9.99. The summed E-state index contributed by atoms with van der Waals surface area (Å²) in [7, 11) is 1.80. The Hall–Kier alpha value is -3.67. The molecule has 30 heavy (non-hydrogen) atoms. The van der Waals surface area contributed by atoms with Crippen LogP contribution in [0.3, 0.4) is 0 Å². The first-order valence-corrected chi connectivity index (χ1v) is 9.95. The molecular formula is C24H30N4O2. The van der Waals surface area contributed by atoms with Crippen molar-refractivity contribution in [2.24, 2.45) is 5.73 Å². The van der Waals surface area contributed by atoms with Crippen molar-refractivity contribution in [1.29, 1.82) is 5.41 Å². The molecule has 1 aromatic heterocycles. The fourth-order valence-corrected chi connectivity index (χ4v) is 3.00. The molecule has 0 spiro atoms. The van der Waals surface area contributed by atoms with E-state index in [9.17, 15) is 4.79 Å². The SMILES string of the molecule is CC.CCc1cc(-c2cc(Oc3ccc(C=N)c(NC)c3)ccn2)ccc1C(N)=O.[HH]. The van der Waals surface area contributed by atoms with Crippen LogP contribution in [0.25, 0.3) is 11.3 Å². The van der Waals surface area contributed by atoms with Crippen LogP contribution in [0.2, 0.25) is 0 Å². The highest BCUT2D eigenvalue weighted by molar-refractivity contribution is 5.95. The third kappa shape index (κ3) is 5.23. The maximum absolute atomic E-state index is 11.6. The molecule has 0 saturated heterocycles. The lowest BCUT2D eigenvalue weighted by Gasteiger charge is -2.11. The Balaban J connectivity index is 0.00000156. The predicted molar refractivity (Wildman–Crippen MR) is 125 cm³/mol. The average Bonchev–Trinajstić information content (AvgIpc) is 2.80. The van der Waals surface area contributed by atoms with Gasteiger partial charge in [-0.05, 0) is 42.3 Å². The van der Waals surface area contributed by atoms with Gasteiger partial charge in [0.15, 0.2) is 0 Å². The molecule has 6 heteroatoms. The van der Waals surface area contributed by atoms with Crippen molar-refractivity contribution in [3.8, 4) is 22.8 Å². The summed E-state index contributed by atoms with van der Waals surface area (Å²) in [4.78, 5) is 16.0. The van der Waals surface area contributed by atoms with E-state index in [2.05, 4.69) is 10.3 Å². The number of amides is 1. The van der Waals surface area contributed by atoms with Gasteiger partial charge in [-0.3, -0.25) is 9.78 Å². The highest BCUT2D eigenvalue weighted by atomic mass is 16.5. The number of carbonyl (C=O) groups is 1. The minimum Gasteiger partial charge on any atom is -0.457 e. The molecule has 0 aliphatic carbocycles. The molecule has 1 amide bonds. The van der Waals surface area contributed by atoms with Crippen molar-refractivity contribution >= 4 is 17.8 Å². The van der Waals surface area contributed by atoms with Crippen molar-refractivity contribution in [3.63, 3.8) is 0 Å². The number of hydrogen-bond acceptors (Lipinski definition) is 5. The molecule has 0 bridgehead atoms. The van der Waals surface area contributed by atoms with E-state index in [0.29, 0.717) is 23.5 Å². The summed E-state index contributed by atoms with van der Waals surface area (Å²) < 4.78 is 5.97. The number of anilines is 1. The van der Waals surface area contributed by atoms with Gasteiger partial charge in [-0.2, -0.15) is 0 Å². The average molecular weight is 407 g/mol. The molecule has 0 aliphatic rings. The van der Waals surface area contributed by atoms with Crippen LogP contribution in [0.5, 0.6) is 11.5 Å². The van der Waals surface area contributed by atoms with Gasteiger partial charge < -0.3 is 21.2 Å². The molecule has 0 unspecified atom stereocenters. The Kier molecular flexibility index (Phi) is 8.11. The summed E-state index contributed by atoms with van der Waals surface area (Å²) in [6.07, 6.45) is 3.68. The first-order chi connectivity index (χ1) is 14.5. The summed E-state index contributed by atoms with van der Waals surface area (Å²) in [6.45, 7) is 5.98. The van der Waals surface area contributed by atoms with Crippen LogP contribution in [0.4, 0.5) is 5.69 Å². The molecule has 1 heterocycles. The standard InChI is InChI=1S/C22H22N4O2.C2H6.H2/c1-3-14-10-15(5-7-19(14)22(24)27)21-12-18(8-9-26-21)28-17-6-4-16(13-23)20(11-17)25-2;1-2;/h4-13,23,25H,3H2,1-2H3,(H2,24,27);1-2H3;1H. The van der Waals surface area contributed by atoms with Crippen LogP contribution in [0.1, 0.15) is 43.7 Å². The third-order valence-corrected chi connectivity index (χ3v) is 4.46. The lowest BCUT2D eigenvalue weighted by Crippen LogP contribution is -2.13. The minimum atomic E-state index is -0.429. The summed E-state index contributed by atoms with van der Waals surface area (Å²) >= 11 is 0. The van der Waals surface area contributed by atoms with Crippen LogP contribution < -0.4 is 15.8 Å². The highest BCUT2D eigenvalue weighted by Crippen LogP contribution is 2.29. The van der Waals surface area contributed by atoms with Gasteiger partial charge in [-0.25, -0.2) is 0 Å². The first-order valence-electron chi connectivity index (χ1n) is 9.95. The van der Waals surface area contributed by atoms with Crippen molar-refractivity contribution in [3.05, 3.63) is 71.4 Å². The number of carbonyl (C=O) groups excluding carboxylic acids is 1. The zero-order chi connectivity index (χ0) is 22.1. The van der Waals surface area contributed by atoms with Crippen molar-refractivity contribution in [2.45, 2.75) is 27.2 Å². The molecular weight excluding hydrogens is 376 g/mol. The van der Waals surface area contributed by atoms with Crippen molar-refractivity contribution in [2.75, 3.05) is 12.4 Å². The van der Waals surface area contributed by atoms with Gasteiger partial charge in [-0.1, -0.05) is 26.8 Å². The number of nitrogens with two attached hydrogens (primary N) is 1.